The minimum atomic E-state index is -3.19. The Kier molecular flexibility index (Phi) is 3.58. The van der Waals surface area contributed by atoms with E-state index in [0.29, 0.717) is 13.0 Å². The van der Waals surface area contributed by atoms with E-state index in [2.05, 4.69) is 0 Å². The van der Waals surface area contributed by atoms with Crippen molar-refractivity contribution >= 4 is 15.7 Å². The van der Waals surface area contributed by atoms with Crippen LogP contribution in [0.5, 0.6) is 0 Å². The second kappa shape index (κ2) is 4.88. The zero-order valence-corrected chi connectivity index (χ0v) is 11.1. The minimum Gasteiger partial charge on any atom is -0.337 e. The lowest BCUT2D eigenvalue weighted by Crippen LogP contribution is -2.31. The van der Waals surface area contributed by atoms with Gasteiger partial charge in [0.05, 0.1) is 5.25 Å². The molecule has 0 radical (unpaired) electrons. The van der Waals surface area contributed by atoms with E-state index in [1.54, 1.807) is 0 Å². The van der Waals surface area contributed by atoms with Crippen LogP contribution in [-0.2, 0) is 9.84 Å². The van der Waals surface area contributed by atoms with Crippen molar-refractivity contribution in [1.82, 2.24) is 4.90 Å². The quantitative estimate of drug-likeness (QED) is 0.822. The Hall–Kier alpha value is -1.50. The summed E-state index contributed by atoms with van der Waals surface area (Å²) in [5.74, 6) is -2.60. The first kappa shape index (κ1) is 13.9. The molecule has 1 aliphatic heterocycles. The van der Waals surface area contributed by atoms with Crippen molar-refractivity contribution in [2.75, 3.05) is 19.3 Å². The summed E-state index contributed by atoms with van der Waals surface area (Å²) in [4.78, 5) is 13.4. The van der Waals surface area contributed by atoms with Gasteiger partial charge in [-0.1, -0.05) is 0 Å². The first-order valence-corrected chi connectivity index (χ1v) is 7.67. The largest absolute Gasteiger partial charge is 0.337 e. The fourth-order valence-electron chi connectivity index (χ4n) is 2.07. The van der Waals surface area contributed by atoms with Gasteiger partial charge in [0.2, 0.25) is 0 Å². The maximum Gasteiger partial charge on any atom is 0.254 e. The summed E-state index contributed by atoms with van der Waals surface area (Å²) < 4.78 is 48.6. The summed E-state index contributed by atoms with van der Waals surface area (Å²) in [6.45, 7) is 0.395. The van der Waals surface area contributed by atoms with E-state index >= 15 is 0 Å². The zero-order chi connectivity index (χ0) is 14.2. The lowest BCUT2D eigenvalue weighted by Gasteiger charge is -2.16. The third-order valence-electron chi connectivity index (χ3n) is 3.20. The minimum absolute atomic E-state index is 0.0213. The Morgan fingerprint density at radius 2 is 2.00 bits per heavy atom. The highest BCUT2D eigenvalue weighted by Crippen LogP contribution is 2.19. The third kappa shape index (κ3) is 2.91. The van der Waals surface area contributed by atoms with Crippen LogP contribution in [0.2, 0.25) is 0 Å². The number of carbonyl (C=O) groups excluding carboxylic acids is 1. The maximum absolute atomic E-state index is 13.1. The van der Waals surface area contributed by atoms with Crippen LogP contribution in [0.4, 0.5) is 8.78 Å². The summed E-state index contributed by atoms with van der Waals surface area (Å²) in [7, 11) is -3.19. The first-order valence-electron chi connectivity index (χ1n) is 5.72. The summed E-state index contributed by atoms with van der Waals surface area (Å²) in [6, 6.07) is 2.90. The van der Waals surface area contributed by atoms with Crippen LogP contribution in [0.1, 0.15) is 16.8 Å². The average molecular weight is 289 g/mol. The average Bonchev–Trinajstić information content (AvgIpc) is 2.81. The molecule has 7 heteroatoms. The van der Waals surface area contributed by atoms with E-state index in [1.807, 2.05) is 0 Å². The van der Waals surface area contributed by atoms with Crippen molar-refractivity contribution in [3.63, 3.8) is 0 Å². The molecular weight excluding hydrogens is 276 g/mol. The highest BCUT2D eigenvalue weighted by atomic mass is 32.2. The predicted molar refractivity (Wildman–Crippen MR) is 65.5 cm³/mol. The van der Waals surface area contributed by atoms with E-state index in [9.17, 15) is 22.0 Å². The van der Waals surface area contributed by atoms with Crippen LogP contribution in [0.15, 0.2) is 18.2 Å². The normalized spacial score (nSPS) is 19.7. The SMILES string of the molecule is CS(=O)(=O)C1CCN(C(=O)c2ccc(F)c(F)c2)C1. The van der Waals surface area contributed by atoms with Crippen molar-refractivity contribution < 1.29 is 22.0 Å². The number of sulfone groups is 1. The van der Waals surface area contributed by atoms with Crippen LogP contribution in [0.3, 0.4) is 0 Å². The van der Waals surface area contributed by atoms with Crippen molar-refractivity contribution in [1.29, 1.82) is 0 Å². The standard InChI is InChI=1S/C12H13F2NO3S/c1-19(17,18)9-4-5-15(7-9)12(16)8-2-3-10(13)11(14)6-8/h2-3,6,9H,4-5,7H2,1H3. The van der Waals surface area contributed by atoms with Gasteiger partial charge in [0.1, 0.15) is 0 Å². The molecule has 0 bridgehead atoms. The number of benzene rings is 1. The summed E-state index contributed by atoms with van der Waals surface area (Å²) in [5, 5.41) is -0.582. The van der Waals surface area contributed by atoms with Crippen molar-refractivity contribution in [3.8, 4) is 0 Å². The molecular formula is C12H13F2NO3S. The van der Waals surface area contributed by atoms with Crippen molar-refractivity contribution in [3.05, 3.63) is 35.4 Å². The van der Waals surface area contributed by atoms with Gasteiger partial charge in [0.15, 0.2) is 21.5 Å². The van der Waals surface area contributed by atoms with Gasteiger partial charge in [0, 0.05) is 24.9 Å². The van der Waals surface area contributed by atoms with Crippen molar-refractivity contribution in [2.24, 2.45) is 0 Å². The molecule has 1 heterocycles. The molecule has 0 spiro atoms. The smallest absolute Gasteiger partial charge is 0.254 e. The molecule has 1 fully saturated rings. The Labute approximate surface area is 109 Å². The highest BCUT2D eigenvalue weighted by Gasteiger charge is 2.33. The van der Waals surface area contributed by atoms with E-state index in [4.69, 9.17) is 0 Å². The van der Waals surface area contributed by atoms with Crippen LogP contribution in [0.25, 0.3) is 0 Å². The van der Waals surface area contributed by atoms with Gasteiger partial charge in [-0.05, 0) is 24.6 Å². The fraction of sp³-hybridized carbons (Fsp3) is 0.417. The van der Waals surface area contributed by atoms with Gasteiger partial charge < -0.3 is 4.90 Å². The molecule has 19 heavy (non-hydrogen) atoms. The number of hydrogen-bond acceptors (Lipinski definition) is 3. The molecule has 104 valence electrons. The number of amides is 1. The van der Waals surface area contributed by atoms with Gasteiger partial charge in [-0.25, -0.2) is 17.2 Å². The Morgan fingerprint density at radius 3 is 2.53 bits per heavy atom. The van der Waals surface area contributed by atoms with E-state index in [1.165, 1.54) is 11.0 Å². The predicted octanol–water partition coefficient (Wildman–Crippen LogP) is 1.22. The lowest BCUT2D eigenvalue weighted by atomic mass is 10.2. The Morgan fingerprint density at radius 1 is 1.32 bits per heavy atom. The number of carbonyl (C=O) groups is 1. The molecule has 1 amide bonds. The fourth-order valence-corrected chi connectivity index (χ4v) is 3.06. The summed E-state index contributed by atoms with van der Waals surface area (Å²) >= 11 is 0. The molecule has 0 N–H and O–H groups in total. The molecule has 1 aromatic rings. The van der Waals surface area contributed by atoms with Gasteiger partial charge in [-0.15, -0.1) is 0 Å². The van der Waals surface area contributed by atoms with Gasteiger partial charge in [-0.2, -0.15) is 0 Å². The van der Waals surface area contributed by atoms with Crippen LogP contribution >= 0.6 is 0 Å². The topological polar surface area (TPSA) is 54.5 Å². The summed E-state index contributed by atoms with van der Waals surface area (Å²) in [5.41, 5.74) is 0.0213. The van der Waals surface area contributed by atoms with Crippen LogP contribution in [0, 0.1) is 11.6 Å². The highest BCUT2D eigenvalue weighted by molar-refractivity contribution is 7.91. The maximum atomic E-state index is 13.1. The molecule has 0 aliphatic carbocycles. The summed E-state index contributed by atoms with van der Waals surface area (Å²) in [6.07, 6.45) is 1.50. The molecule has 2 rings (SSSR count). The molecule has 1 unspecified atom stereocenters. The molecule has 1 aliphatic rings. The second-order valence-electron chi connectivity index (χ2n) is 4.62. The van der Waals surface area contributed by atoms with Crippen LogP contribution < -0.4 is 0 Å². The molecule has 1 atom stereocenters. The van der Waals surface area contributed by atoms with Crippen molar-refractivity contribution in [2.45, 2.75) is 11.7 Å². The molecule has 0 aromatic heterocycles. The second-order valence-corrected chi connectivity index (χ2v) is 6.95. The van der Waals surface area contributed by atoms with Gasteiger partial charge in [-0.3, -0.25) is 4.79 Å². The van der Waals surface area contributed by atoms with Gasteiger partial charge in [0.25, 0.3) is 5.91 Å². The van der Waals surface area contributed by atoms with E-state index in [-0.39, 0.29) is 12.1 Å². The monoisotopic (exact) mass is 289 g/mol. The number of likely N-dealkylation sites (tertiary alicyclic amines) is 1. The molecule has 4 nitrogen and oxygen atoms in total. The number of hydrogen-bond donors (Lipinski definition) is 0. The molecule has 1 aromatic carbocycles. The van der Waals surface area contributed by atoms with E-state index < -0.39 is 32.6 Å². The zero-order valence-electron chi connectivity index (χ0n) is 10.3. The lowest BCUT2D eigenvalue weighted by molar-refractivity contribution is 0.0792. The third-order valence-corrected chi connectivity index (χ3v) is 4.80. The number of halogens is 2. The van der Waals surface area contributed by atoms with E-state index in [0.717, 1.165) is 18.4 Å². The van der Waals surface area contributed by atoms with Crippen LogP contribution in [-0.4, -0.2) is 43.8 Å². The molecule has 0 saturated carbocycles. The molecule has 1 saturated heterocycles. The Balaban J connectivity index is 2.15. The Bertz CT molecular complexity index is 615. The number of nitrogens with zero attached hydrogens (tertiary/aromatic N) is 1. The number of rotatable bonds is 2. The first-order chi connectivity index (χ1) is 8.79. The van der Waals surface area contributed by atoms with Gasteiger partial charge >= 0.3 is 0 Å².